The lowest BCUT2D eigenvalue weighted by molar-refractivity contribution is 0.537. The van der Waals surface area contributed by atoms with E-state index in [0.717, 1.165) is 11.0 Å². The molecule has 0 aliphatic carbocycles. The van der Waals surface area contributed by atoms with Gasteiger partial charge in [-0.1, -0.05) is 23.7 Å². The van der Waals surface area contributed by atoms with Crippen LogP contribution in [0.25, 0.3) is 11.0 Å². The van der Waals surface area contributed by atoms with Crippen molar-refractivity contribution in [1.82, 2.24) is 9.55 Å². The van der Waals surface area contributed by atoms with Gasteiger partial charge in [0, 0.05) is 17.6 Å². The number of fused-ring (bicyclic) bond motifs is 1. The zero-order valence-corrected chi connectivity index (χ0v) is 12.1. The van der Waals surface area contributed by atoms with E-state index in [1.54, 1.807) is 12.4 Å². The van der Waals surface area contributed by atoms with Crippen LogP contribution in [0.1, 0.15) is 5.56 Å². The van der Waals surface area contributed by atoms with E-state index < -0.39 is 0 Å². The van der Waals surface area contributed by atoms with E-state index in [-0.39, 0.29) is 11.9 Å². The minimum atomic E-state index is -0.273. The summed E-state index contributed by atoms with van der Waals surface area (Å²) < 4.78 is 15.7. The molecule has 21 heavy (non-hydrogen) atoms. The van der Waals surface area contributed by atoms with E-state index in [1.165, 1.54) is 12.1 Å². The normalized spacial score (nSPS) is 12.7. The van der Waals surface area contributed by atoms with Crippen LogP contribution in [0.15, 0.2) is 48.8 Å². The Morgan fingerprint density at radius 1 is 1.24 bits per heavy atom. The van der Waals surface area contributed by atoms with E-state index in [4.69, 9.17) is 17.3 Å². The maximum absolute atomic E-state index is 13.7. The monoisotopic (exact) mass is 303 g/mol. The highest BCUT2D eigenvalue weighted by Crippen LogP contribution is 2.17. The quantitative estimate of drug-likeness (QED) is 0.803. The molecule has 3 nitrogen and oxygen atoms in total. The first kappa shape index (κ1) is 14.0. The average Bonchev–Trinajstić information content (AvgIpc) is 2.86. The van der Waals surface area contributed by atoms with Gasteiger partial charge >= 0.3 is 0 Å². The first-order valence-electron chi connectivity index (χ1n) is 6.73. The molecule has 2 aromatic carbocycles. The fourth-order valence-corrected chi connectivity index (χ4v) is 2.65. The summed E-state index contributed by atoms with van der Waals surface area (Å²) >= 11 is 5.90. The van der Waals surface area contributed by atoms with Crippen LogP contribution < -0.4 is 5.73 Å². The fraction of sp³-hybridized carbons (Fsp3) is 0.188. The van der Waals surface area contributed by atoms with Crippen LogP contribution >= 0.6 is 11.6 Å². The first-order valence-corrected chi connectivity index (χ1v) is 7.10. The summed E-state index contributed by atoms with van der Waals surface area (Å²) in [5.74, 6) is -0.273. The third-order valence-corrected chi connectivity index (χ3v) is 3.68. The van der Waals surface area contributed by atoms with E-state index in [2.05, 4.69) is 4.98 Å². The molecule has 5 heteroatoms. The largest absolute Gasteiger partial charge is 0.329 e. The van der Waals surface area contributed by atoms with E-state index >= 15 is 0 Å². The summed E-state index contributed by atoms with van der Waals surface area (Å²) in [6.45, 7) is 0.576. The molecule has 3 rings (SSSR count). The second-order valence-corrected chi connectivity index (χ2v) is 5.52. The zero-order chi connectivity index (χ0) is 14.8. The van der Waals surface area contributed by atoms with E-state index in [9.17, 15) is 4.39 Å². The summed E-state index contributed by atoms with van der Waals surface area (Å²) in [6, 6.07) is 12.2. The standard InChI is InChI=1S/C16H15ClFN3/c17-12-5-6-14(18)11(7-12)8-13(19)9-21-10-20-15-3-1-2-4-16(15)21/h1-7,10,13H,8-9,19H2. The molecule has 2 N–H and O–H groups in total. The van der Waals surface area contributed by atoms with Crippen LogP contribution in [0, 0.1) is 5.82 Å². The molecule has 0 aliphatic rings. The number of hydrogen-bond donors (Lipinski definition) is 1. The number of aromatic nitrogens is 2. The maximum Gasteiger partial charge on any atom is 0.126 e. The van der Waals surface area contributed by atoms with Crippen molar-refractivity contribution in [2.45, 2.75) is 19.0 Å². The minimum Gasteiger partial charge on any atom is -0.329 e. The van der Waals surface area contributed by atoms with E-state index in [0.29, 0.717) is 23.6 Å². The van der Waals surface area contributed by atoms with Crippen molar-refractivity contribution in [3.05, 3.63) is 65.2 Å². The van der Waals surface area contributed by atoms with Crippen molar-refractivity contribution in [3.63, 3.8) is 0 Å². The van der Waals surface area contributed by atoms with Crippen molar-refractivity contribution >= 4 is 22.6 Å². The lowest BCUT2D eigenvalue weighted by Gasteiger charge is -2.14. The third kappa shape index (κ3) is 3.06. The highest BCUT2D eigenvalue weighted by Gasteiger charge is 2.11. The molecule has 0 radical (unpaired) electrons. The molecule has 1 heterocycles. The summed E-state index contributed by atoms with van der Waals surface area (Å²) in [6.07, 6.45) is 2.19. The number of nitrogens with two attached hydrogens (primary N) is 1. The highest BCUT2D eigenvalue weighted by atomic mass is 35.5. The predicted octanol–water partition coefficient (Wildman–Crippen LogP) is 3.40. The Balaban J connectivity index is 1.77. The fourth-order valence-electron chi connectivity index (χ4n) is 2.46. The molecular weight excluding hydrogens is 289 g/mol. The third-order valence-electron chi connectivity index (χ3n) is 3.45. The summed E-state index contributed by atoms with van der Waals surface area (Å²) in [7, 11) is 0. The topological polar surface area (TPSA) is 43.8 Å². The van der Waals surface area contributed by atoms with Gasteiger partial charge in [0.15, 0.2) is 0 Å². The Kier molecular flexibility index (Phi) is 3.90. The summed E-state index contributed by atoms with van der Waals surface area (Å²) in [4.78, 5) is 4.32. The first-order chi connectivity index (χ1) is 10.1. The molecule has 1 unspecified atom stereocenters. The van der Waals surface area contributed by atoms with Crippen molar-refractivity contribution in [2.75, 3.05) is 0 Å². The van der Waals surface area contributed by atoms with Crippen molar-refractivity contribution in [3.8, 4) is 0 Å². The van der Waals surface area contributed by atoms with Crippen LogP contribution in [-0.4, -0.2) is 15.6 Å². The van der Waals surface area contributed by atoms with Crippen molar-refractivity contribution in [1.29, 1.82) is 0 Å². The average molecular weight is 304 g/mol. The number of halogens is 2. The SMILES string of the molecule is NC(Cc1cc(Cl)ccc1F)Cn1cnc2ccccc21. The lowest BCUT2D eigenvalue weighted by atomic mass is 10.1. The number of imidazole rings is 1. The molecule has 3 aromatic rings. The molecule has 0 fully saturated rings. The lowest BCUT2D eigenvalue weighted by Crippen LogP contribution is -2.28. The Morgan fingerprint density at radius 3 is 2.90 bits per heavy atom. The Morgan fingerprint density at radius 2 is 2.05 bits per heavy atom. The van der Waals surface area contributed by atoms with Gasteiger partial charge in [0.2, 0.25) is 0 Å². The van der Waals surface area contributed by atoms with Crippen molar-refractivity contribution in [2.24, 2.45) is 5.73 Å². The number of rotatable bonds is 4. The van der Waals surface area contributed by atoms with Gasteiger partial charge < -0.3 is 10.3 Å². The maximum atomic E-state index is 13.7. The number of nitrogens with zero attached hydrogens (tertiary/aromatic N) is 2. The van der Waals surface area contributed by atoms with Gasteiger partial charge in [-0.3, -0.25) is 0 Å². The van der Waals surface area contributed by atoms with Crippen LogP contribution in [-0.2, 0) is 13.0 Å². The van der Waals surface area contributed by atoms with Crippen LogP contribution in [0.2, 0.25) is 5.02 Å². The highest BCUT2D eigenvalue weighted by molar-refractivity contribution is 6.30. The predicted molar refractivity (Wildman–Crippen MR) is 82.8 cm³/mol. The van der Waals surface area contributed by atoms with Gasteiger partial charge in [-0.25, -0.2) is 9.37 Å². The molecule has 1 atom stereocenters. The van der Waals surface area contributed by atoms with Crippen LogP contribution in [0.5, 0.6) is 0 Å². The van der Waals surface area contributed by atoms with Gasteiger partial charge in [-0.05, 0) is 42.3 Å². The Bertz CT molecular complexity index is 769. The second kappa shape index (κ2) is 5.84. The molecule has 0 amide bonds. The molecule has 1 aromatic heterocycles. The molecule has 0 bridgehead atoms. The molecule has 0 saturated carbocycles. The van der Waals surface area contributed by atoms with Gasteiger partial charge in [-0.15, -0.1) is 0 Å². The zero-order valence-electron chi connectivity index (χ0n) is 11.3. The van der Waals surface area contributed by atoms with Gasteiger partial charge in [-0.2, -0.15) is 0 Å². The number of para-hydroxylation sites is 2. The Hall–Kier alpha value is -1.91. The molecule has 0 saturated heterocycles. The summed E-state index contributed by atoms with van der Waals surface area (Å²) in [5.41, 5.74) is 8.65. The van der Waals surface area contributed by atoms with Gasteiger partial charge in [0.25, 0.3) is 0 Å². The van der Waals surface area contributed by atoms with Crippen LogP contribution in [0.4, 0.5) is 4.39 Å². The molecular formula is C16H15ClFN3. The van der Waals surface area contributed by atoms with Crippen molar-refractivity contribution < 1.29 is 4.39 Å². The van der Waals surface area contributed by atoms with Gasteiger partial charge in [0.1, 0.15) is 5.82 Å². The Labute approximate surface area is 127 Å². The summed E-state index contributed by atoms with van der Waals surface area (Å²) in [5, 5.41) is 0.520. The number of hydrogen-bond acceptors (Lipinski definition) is 2. The van der Waals surface area contributed by atoms with Gasteiger partial charge in [0.05, 0.1) is 17.4 Å². The van der Waals surface area contributed by atoms with E-state index in [1.807, 2.05) is 28.8 Å². The molecule has 108 valence electrons. The molecule has 0 aliphatic heterocycles. The van der Waals surface area contributed by atoms with Crippen LogP contribution in [0.3, 0.4) is 0 Å². The smallest absolute Gasteiger partial charge is 0.126 e. The number of benzene rings is 2. The minimum absolute atomic E-state index is 0.212. The molecule has 0 spiro atoms. The second-order valence-electron chi connectivity index (χ2n) is 5.09.